The molecule has 0 fully saturated rings. The van der Waals surface area contributed by atoms with Crippen molar-refractivity contribution in [1.82, 2.24) is 5.32 Å². The normalized spacial score (nSPS) is 10.0. The van der Waals surface area contributed by atoms with Crippen LogP contribution in [0.1, 0.15) is 10.4 Å². The number of carbonyl (C=O) groups excluding carboxylic acids is 2. The number of rotatable bonds is 2. The van der Waals surface area contributed by atoms with Crippen LogP contribution in [-0.4, -0.2) is 11.9 Å². The first-order valence-electron chi connectivity index (χ1n) is 5.78. The van der Waals surface area contributed by atoms with Crippen LogP contribution in [0, 0.1) is 11.6 Å². The van der Waals surface area contributed by atoms with Crippen LogP contribution < -0.4 is 10.6 Å². The van der Waals surface area contributed by atoms with Gasteiger partial charge in [-0.25, -0.2) is 13.6 Å². The number of urea groups is 1. The molecule has 2 N–H and O–H groups in total. The summed E-state index contributed by atoms with van der Waals surface area (Å²) < 4.78 is 25.7. The number of anilines is 1. The number of carbonyl (C=O) groups is 2. The van der Waals surface area contributed by atoms with Crippen LogP contribution in [0.25, 0.3) is 0 Å². The summed E-state index contributed by atoms with van der Waals surface area (Å²) in [4.78, 5) is 23.3. The van der Waals surface area contributed by atoms with Gasteiger partial charge < -0.3 is 5.32 Å². The van der Waals surface area contributed by atoms with Crippen molar-refractivity contribution in [3.05, 3.63) is 64.7 Å². The van der Waals surface area contributed by atoms with E-state index in [1.165, 1.54) is 0 Å². The van der Waals surface area contributed by atoms with E-state index in [-0.39, 0.29) is 5.56 Å². The lowest BCUT2D eigenvalue weighted by Crippen LogP contribution is -2.34. The van der Waals surface area contributed by atoms with Gasteiger partial charge in [0, 0.05) is 16.3 Å². The van der Waals surface area contributed by atoms with Crippen molar-refractivity contribution in [3.8, 4) is 0 Å². The van der Waals surface area contributed by atoms with E-state index >= 15 is 0 Å². The van der Waals surface area contributed by atoms with Gasteiger partial charge in [-0.1, -0.05) is 11.6 Å². The molecule has 0 aliphatic heterocycles. The van der Waals surface area contributed by atoms with Crippen LogP contribution in [0.15, 0.2) is 42.5 Å². The number of halogens is 3. The van der Waals surface area contributed by atoms with E-state index in [2.05, 4.69) is 5.32 Å². The van der Waals surface area contributed by atoms with Crippen LogP contribution in [0.3, 0.4) is 0 Å². The van der Waals surface area contributed by atoms with E-state index in [4.69, 9.17) is 11.6 Å². The average Bonchev–Trinajstić information content (AvgIpc) is 2.44. The van der Waals surface area contributed by atoms with E-state index < -0.39 is 23.6 Å². The molecule has 0 atom stereocenters. The molecule has 21 heavy (non-hydrogen) atoms. The summed E-state index contributed by atoms with van der Waals surface area (Å²) in [6.45, 7) is 0. The topological polar surface area (TPSA) is 58.2 Å². The smallest absolute Gasteiger partial charge is 0.308 e. The van der Waals surface area contributed by atoms with Gasteiger partial charge in [-0.15, -0.1) is 0 Å². The largest absolute Gasteiger partial charge is 0.326 e. The van der Waals surface area contributed by atoms with E-state index in [0.717, 1.165) is 12.1 Å². The van der Waals surface area contributed by atoms with Crippen molar-refractivity contribution in [2.75, 3.05) is 5.32 Å². The Morgan fingerprint density at radius 2 is 1.62 bits per heavy atom. The first kappa shape index (κ1) is 14.9. The monoisotopic (exact) mass is 310 g/mol. The molecule has 0 heterocycles. The lowest BCUT2D eigenvalue weighted by molar-refractivity contribution is 0.0966. The van der Waals surface area contributed by atoms with Gasteiger partial charge in [0.25, 0.3) is 5.91 Å². The molecule has 2 aromatic rings. The lowest BCUT2D eigenvalue weighted by Gasteiger charge is -2.07. The van der Waals surface area contributed by atoms with Gasteiger partial charge in [-0.05, 0) is 42.5 Å². The molecular formula is C14H9ClF2N2O2. The minimum Gasteiger partial charge on any atom is -0.308 e. The van der Waals surface area contributed by atoms with Gasteiger partial charge in [-0.2, -0.15) is 0 Å². The van der Waals surface area contributed by atoms with E-state index in [0.29, 0.717) is 16.8 Å². The number of benzene rings is 2. The predicted molar refractivity (Wildman–Crippen MR) is 74.3 cm³/mol. The fraction of sp³-hybridized carbons (Fsp3) is 0. The van der Waals surface area contributed by atoms with Crippen LogP contribution in [0.4, 0.5) is 19.3 Å². The molecule has 0 spiro atoms. The second kappa shape index (κ2) is 6.32. The quantitative estimate of drug-likeness (QED) is 0.890. The van der Waals surface area contributed by atoms with Gasteiger partial charge in [0.1, 0.15) is 0 Å². The number of imide groups is 1. The third-order valence-corrected chi connectivity index (χ3v) is 2.76. The molecule has 0 aliphatic carbocycles. The van der Waals surface area contributed by atoms with Gasteiger partial charge in [0.15, 0.2) is 11.6 Å². The van der Waals surface area contributed by atoms with E-state index in [1.54, 1.807) is 24.3 Å². The zero-order valence-corrected chi connectivity index (χ0v) is 11.2. The molecule has 0 saturated heterocycles. The molecule has 0 aromatic heterocycles. The van der Waals surface area contributed by atoms with E-state index in [9.17, 15) is 18.4 Å². The van der Waals surface area contributed by atoms with Crippen molar-refractivity contribution in [3.63, 3.8) is 0 Å². The van der Waals surface area contributed by atoms with Gasteiger partial charge in [-0.3, -0.25) is 10.1 Å². The van der Waals surface area contributed by atoms with Crippen molar-refractivity contribution in [1.29, 1.82) is 0 Å². The lowest BCUT2D eigenvalue weighted by atomic mass is 10.2. The van der Waals surface area contributed by atoms with Crippen molar-refractivity contribution in [2.24, 2.45) is 0 Å². The van der Waals surface area contributed by atoms with E-state index in [1.807, 2.05) is 5.32 Å². The first-order chi connectivity index (χ1) is 9.95. The summed E-state index contributed by atoms with van der Waals surface area (Å²) in [6.07, 6.45) is 0. The molecule has 0 saturated carbocycles. The highest BCUT2D eigenvalue weighted by atomic mass is 35.5. The van der Waals surface area contributed by atoms with Gasteiger partial charge in [0.05, 0.1) is 0 Å². The summed E-state index contributed by atoms with van der Waals surface area (Å²) in [7, 11) is 0. The Hall–Kier alpha value is -2.47. The van der Waals surface area contributed by atoms with Gasteiger partial charge >= 0.3 is 6.03 Å². The van der Waals surface area contributed by atoms with Crippen molar-refractivity contribution in [2.45, 2.75) is 0 Å². The number of hydrogen-bond donors (Lipinski definition) is 2. The Morgan fingerprint density at radius 1 is 0.952 bits per heavy atom. The fourth-order valence-electron chi connectivity index (χ4n) is 1.51. The SMILES string of the molecule is O=C(NC(=O)c1ccc(F)c(F)c1)Nc1ccc(Cl)cc1. The molecule has 2 rings (SSSR count). The van der Waals surface area contributed by atoms with Crippen LogP contribution in [-0.2, 0) is 0 Å². The number of amides is 3. The Balaban J connectivity index is 2.00. The number of nitrogens with one attached hydrogen (secondary N) is 2. The maximum absolute atomic E-state index is 13.0. The third-order valence-electron chi connectivity index (χ3n) is 2.51. The highest BCUT2D eigenvalue weighted by Gasteiger charge is 2.12. The molecule has 4 nitrogen and oxygen atoms in total. The maximum atomic E-state index is 13.0. The molecule has 0 aliphatic rings. The zero-order valence-electron chi connectivity index (χ0n) is 10.5. The zero-order chi connectivity index (χ0) is 15.4. The molecular weight excluding hydrogens is 302 g/mol. The Kier molecular flexibility index (Phi) is 4.49. The average molecular weight is 311 g/mol. The summed E-state index contributed by atoms with van der Waals surface area (Å²) in [5.41, 5.74) is 0.259. The van der Waals surface area contributed by atoms with Gasteiger partial charge in [0.2, 0.25) is 0 Å². The van der Waals surface area contributed by atoms with Crippen molar-refractivity contribution >= 4 is 29.2 Å². The predicted octanol–water partition coefficient (Wildman–Crippen LogP) is 3.58. The third kappa shape index (κ3) is 4.00. The summed E-state index contributed by atoms with van der Waals surface area (Å²) in [5.74, 6) is -3.08. The second-order valence-electron chi connectivity index (χ2n) is 4.04. The highest BCUT2D eigenvalue weighted by Crippen LogP contribution is 2.13. The minimum atomic E-state index is -1.17. The standard InChI is InChI=1S/C14H9ClF2N2O2/c15-9-2-4-10(5-3-9)18-14(21)19-13(20)8-1-6-11(16)12(17)7-8/h1-7H,(H2,18,19,20,21). The molecule has 2 aromatic carbocycles. The Labute approximate surface area is 123 Å². The second-order valence-corrected chi connectivity index (χ2v) is 4.48. The van der Waals surface area contributed by atoms with Crippen LogP contribution in [0.5, 0.6) is 0 Å². The minimum absolute atomic E-state index is 0.167. The first-order valence-corrected chi connectivity index (χ1v) is 6.16. The molecule has 108 valence electrons. The highest BCUT2D eigenvalue weighted by molar-refractivity contribution is 6.30. The van der Waals surface area contributed by atoms with Crippen molar-refractivity contribution < 1.29 is 18.4 Å². The van der Waals surface area contributed by atoms with Crippen LogP contribution >= 0.6 is 11.6 Å². The summed E-state index contributed by atoms with van der Waals surface area (Å²) >= 11 is 5.69. The molecule has 0 bridgehead atoms. The molecule has 7 heteroatoms. The fourth-order valence-corrected chi connectivity index (χ4v) is 1.63. The Bertz CT molecular complexity index is 690. The summed E-state index contributed by atoms with van der Waals surface area (Å²) in [6, 6.07) is 8.01. The maximum Gasteiger partial charge on any atom is 0.326 e. The molecule has 0 radical (unpaired) electrons. The van der Waals surface area contributed by atoms with Crippen LogP contribution in [0.2, 0.25) is 5.02 Å². The number of hydrogen-bond acceptors (Lipinski definition) is 2. The summed E-state index contributed by atoms with van der Waals surface area (Å²) in [5, 5.41) is 4.89. The molecule has 0 unspecified atom stereocenters. The molecule has 3 amide bonds. The Morgan fingerprint density at radius 3 is 2.24 bits per heavy atom.